The molecular formula is C20H16ClN5O2S. The summed E-state index contributed by atoms with van der Waals surface area (Å²) in [5, 5.41) is 8.55. The summed E-state index contributed by atoms with van der Waals surface area (Å²) < 4.78 is 6.40. The van der Waals surface area contributed by atoms with E-state index in [1.165, 1.54) is 17.5 Å². The number of methoxy groups -OCH3 is 1. The van der Waals surface area contributed by atoms with Gasteiger partial charge in [-0.3, -0.25) is 4.79 Å². The zero-order valence-electron chi connectivity index (χ0n) is 15.6. The molecule has 5 rings (SSSR count). The van der Waals surface area contributed by atoms with E-state index in [0.29, 0.717) is 28.6 Å². The predicted molar refractivity (Wildman–Crippen MR) is 115 cm³/mol. The van der Waals surface area contributed by atoms with Crippen LogP contribution in [-0.2, 0) is 0 Å². The molecule has 4 heterocycles. The third-order valence-corrected chi connectivity index (χ3v) is 6.22. The van der Waals surface area contributed by atoms with Crippen LogP contribution in [0, 0.1) is 0 Å². The molecule has 1 amide bonds. The second-order valence-corrected chi connectivity index (χ2v) is 8.21. The number of benzene rings is 1. The summed E-state index contributed by atoms with van der Waals surface area (Å²) in [5.74, 6) is 0.454. The van der Waals surface area contributed by atoms with Crippen molar-refractivity contribution in [3.05, 3.63) is 40.6 Å². The molecule has 7 nitrogen and oxygen atoms in total. The van der Waals surface area contributed by atoms with Gasteiger partial charge in [0.2, 0.25) is 5.28 Å². The van der Waals surface area contributed by atoms with Crippen LogP contribution in [0.25, 0.3) is 32.4 Å². The van der Waals surface area contributed by atoms with Gasteiger partial charge in [-0.2, -0.15) is 0 Å². The lowest BCUT2D eigenvalue weighted by molar-refractivity contribution is 0.0949. The van der Waals surface area contributed by atoms with E-state index in [9.17, 15) is 4.79 Å². The van der Waals surface area contributed by atoms with Crippen LogP contribution in [0.15, 0.2) is 30.5 Å². The maximum Gasteiger partial charge on any atom is 0.263 e. The van der Waals surface area contributed by atoms with Gasteiger partial charge in [0.25, 0.3) is 5.91 Å². The molecule has 0 saturated carbocycles. The van der Waals surface area contributed by atoms with Crippen LogP contribution in [0.5, 0.6) is 5.75 Å². The highest BCUT2D eigenvalue weighted by atomic mass is 35.5. The topological polar surface area (TPSA) is 89.0 Å². The first-order valence-corrected chi connectivity index (χ1v) is 10.2. The minimum Gasteiger partial charge on any atom is -0.493 e. The van der Waals surface area contributed by atoms with Gasteiger partial charge in [0.1, 0.15) is 10.6 Å². The van der Waals surface area contributed by atoms with Crippen LogP contribution in [0.3, 0.4) is 0 Å². The first-order valence-electron chi connectivity index (χ1n) is 9.03. The molecule has 9 heteroatoms. The van der Waals surface area contributed by atoms with Crippen LogP contribution in [-0.4, -0.2) is 40.6 Å². The first-order chi connectivity index (χ1) is 14.0. The van der Waals surface area contributed by atoms with Gasteiger partial charge in [0.15, 0.2) is 5.75 Å². The summed E-state index contributed by atoms with van der Waals surface area (Å²) in [6, 6.07) is 7.89. The number of fused-ring (bicyclic) bond motifs is 5. The molecule has 0 unspecified atom stereocenters. The first kappa shape index (κ1) is 18.1. The fourth-order valence-corrected chi connectivity index (χ4v) is 4.77. The molecule has 0 aliphatic carbocycles. The minimum atomic E-state index is -0.0446. The molecule has 29 heavy (non-hydrogen) atoms. The fourth-order valence-electron chi connectivity index (χ4n) is 3.54. The second-order valence-electron chi connectivity index (χ2n) is 6.82. The average molecular weight is 426 g/mol. The number of halogens is 1. The number of anilines is 1. The second kappa shape index (κ2) is 6.82. The van der Waals surface area contributed by atoms with E-state index in [1.807, 2.05) is 31.2 Å². The summed E-state index contributed by atoms with van der Waals surface area (Å²) in [4.78, 5) is 26.3. The summed E-state index contributed by atoms with van der Waals surface area (Å²) >= 11 is 7.46. The van der Waals surface area contributed by atoms with Crippen molar-refractivity contribution in [3.8, 4) is 17.1 Å². The standard InChI is InChI=1S/C20H16ClN5O2S/c1-9-7-22-17-15-10-3-4-12(16-13(28-2)8-23-20(21)26-16)25-11(10)5-6-14(15)29-18(17)19(27)24-9/h3-6,8-9,22H,7H2,1-2H3,(H,24,27)/t9-/m1/s1. The van der Waals surface area contributed by atoms with E-state index in [4.69, 9.17) is 21.3 Å². The number of thiophene rings is 1. The molecule has 0 radical (unpaired) electrons. The Morgan fingerprint density at radius 2 is 2.10 bits per heavy atom. The summed E-state index contributed by atoms with van der Waals surface area (Å²) in [7, 11) is 1.55. The fraction of sp³-hybridized carbons (Fsp3) is 0.200. The minimum absolute atomic E-state index is 0.0446. The van der Waals surface area contributed by atoms with Crippen molar-refractivity contribution in [2.24, 2.45) is 0 Å². The van der Waals surface area contributed by atoms with Gasteiger partial charge >= 0.3 is 0 Å². The lowest BCUT2D eigenvalue weighted by Gasteiger charge is -2.10. The van der Waals surface area contributed by atoms with E-state index in [2.05, 4.69) is 20.6 Å². The molecule has 0 bridgehead atoms. The van der Waals surface area contributed by atoms with Crippen molar-refractivity contribution in [1.82, 2.24) is 20.3 Å². The number of nitrogens with zero attached hydrogens (tertiary/aromatic N) is 3. The molecule has 2 N–H and O–H groups in total. The molecule has 0 fully saturated rings. The van der Waals surface area contributed by atoms with Gasteiger partial charge in [-0.1, -0.05) is 0 Å². The highest BCUT2D eigenvalue weighted by Gasteiger charge is 2.25. The highest BCUT2D eigenvalue weighted by Crippen LogP contribution is 2.41. The Morgan fingerprint density at radius 3 is 2.93 bits per heavy atom. The summed E-state index contributed by atoms with van der Waals surface area (Å²) in [6.07, 6.45) is 1.53. The Hall–Kier alpha value is -2.97. The molecular weight excluding hydrogens is 410 g/mol. The molecule has 3 aromatic heterocycles. The Balaban J connectivity index is 1.72. The zero-order valence-corrected chi connectivity index (χ0v) is 17.2. The quantitative estimate of drug-likeness (QED) is 0.470. The van der Waals surface area contributed by atoms with Crippen molar-refractivity contribution in [2.75, 3.05) is 19.0 Å². The third-order valence-electron chi connectivity index (χ3n) is 4.88. The van der Waals surface area contributed by atoms with Crippen molar-refractivity contribution >= 4 is 55.5 Å². The Morgan fingerprint density at radius 1 is 1.24 bits per heavy atom. The number of pyridine rings is 1. The molecule has 146 valence electrons. The van der Waals surface area contributed by atoms with Crippen molar-refractivity contribution < 1.29 is 9.53 Å². The van der Waals surface area contributed by atoms with Crippen molar-refractivity contribution in [3.63, 3.8) is 0 Å². The SMILES string of the molecule is COc1cnc(Cl)nc1-c1ccc2c(ccc3sc4c(c32)NC[C@@H](C)NC4=O)n1. The van der Waals surface area contributed by atoms with Crippen molar-refractivity contribution in [2.45, 2.75) is 13.0 Å². The Labute approximate surface area is 175 Å². The van der Waals surface area contributed by atoms with Crippen LogP contribution >= 0.6 is 22.9 Å². The number of hydrogen-bond donors (Lipinski definition) is 2. The molecule has 1 atom stereocenters. The van der Waals surface area contributed by atoms with Crippen LogP contribution < -0.4 is 15.4 Å². The number of ether oxygens (including phenoxy) is 1. The number of rotatable bonds is 2. The van der Waals surface area contributed by atoms with E-state index in [0.717, 1.165) is 26.7 Å². The van der Waals surface area contributed by atoms with Gasteiger partial charge in [0, 0.05) is 28.1 Å². The molecule has 0 saturated heterocycles. The molecule has 1 aromatic carbocycles. The maximum absolute atomic E-state index is 12.6. The molecule has 1 aliphatic heterocycles. The predicted octanol–water partition coefficient (Wildman–Crippen LogP) is 4.11. The number of carbonyl (C=O) groups excluding carboxylic acids is 1. The van der Waals surface area contributed by atoms with Gasteiger partial charge < -0.3 is 15.4 Å². The zero-order chi connectivity index (χ0) is 20.1. The summed E-state index contributed by atoms with van der Waals surface area (Å²) in [6.45, 7) is 2.65. The molecule has 1 aliphatic rings. The van der Waals surface area contributed by atoms with Crippen molar-refractivity contribution in [1.29, 1.82) is 0 Å². The van der Waals surface area contributed by atoms with Crippen LogP contribution in [0.2, 0.25) is 5.28 Å². The Bertz CT molecular complexity index is 1290. The molecule has 0 spiro atoms. The van der Waals surface area contributed by atoms with Gasteiger partial charge in [-0.05, 0) is 42.8 Å². The van der Waals surface area contributed by atoms with Crippen LogP contribution in [0.4, 0.5) is 5.69 Å². The largest absolute Gasteiger partial charge is 0.493 e. The lowest BCUT2D eigenvalue weighted by atomic mass is 10.1. The summed E-state index contributed by atoms with van der Waals surface area (Å²) in [5.41, 5.74) is 2.84. The van der Waals surface area contributed by atoms with Crippen LogP contribution in [0.1, 0.15) is 16.6 Å². The third kappa shape index (κ3) is 2.95. The van der Waals surface area contributed by atoms with E-state index in [-0.39, 0.29) is 17.2 Å². The normalized spacial score (nSPS) is 16.2. The van der Waals surface area contributed by atoms with E-state index in [1.54, 1.807) is 7.11 Å². The number of amides is 1. The van der Waals surface area contributed by atoms with Gasteiger partial charge in [-0.15, -0.1) is 11.3 Å². The number of hydrogen-bond acceptors (Lipinski definition) is 7. The number of carbonyl (C=O) groups is 1. The highest BCUT2D eigenvalue weighted by molar-refractivity contribution is 7.21. The van der Waals surface area contributed by atoms with E-state index >= 15 is 0 Å². The maximum atomic E-state index is 12.6. The molecule has 4 aromatic rings. The average Bonchev–Trinajstić information content (AvgIpc) is 3.04. The number of nitrogens with one attached hydrogen (secondary N) is 2. The van der Waals surface area contributed by atoms with Gasteiger partial charge in [-0.25, -0.2) is 15.0 Å². The number of aromatic nitrogens is 3. The Kier molecular flexibility index (Phi) is 4.25. The lowest BCUT2D eigenvalue weighted by Crippen LogP contribution is -2.34. The monoisotopic (exact) mass is 425 g/mol. The smallest absolute Gasteiger partial charge is 0.263 e. The van der Waals surface area contributed by atoms with Gasteiger partial charge in [0.05, 0.1) is 30.2 Å². The van der Waals surface area contributed by atoms with E-state index < -0.39 is 0 Å².